The third-order valence-electron chi connectivity index (χ3n) is 4.50. The fraction of sp³-hybridized carbons (Fsp3) is 0.333. The van der Waals surface area contributed by atoms with Gasteiger partial charge in [-0.3, -0.25) is 4.79 Å². The molecule has 0 bridgehead atoms. The van der Waals surface area contributed by atoms with Crippen molar-refractivity contribution in [2.24, 2.45) is 0 Å². The Hall–Kier alpha value is -2.67. The van der Waals surface area contributed by atoms with Crippen molar-refractivity contribution in [3.05, 3.63) is 48.0 Å². The van der Waals surface area contributed by atoms with Gasteiger partial charge in [-0.05, 0) is 36.8 Å². The number of anilines is 1. The molecule has 0 aliphatic carbocycles. The van der Waals surface area contributed by atoms with Crippen molar-refractivity contribution in [1.82, 2.24) is 0 Å². The first-order chi connectivity index (χ1) is 13.5. The van der Waals surface area contributed by atoms with E-state index in [1.807, 2.05) is 24.3 Å². The maximum Gasteiger partial charge on any atom is 0.342 e. The number of benzene rings is 2. The third-order valence-corrected chi connectivity index (χ3v) is 5.74. The number of carbonyl (C=O) groups excluding carboxylic acids is 2. The largest absolute Gasteiger partial charge is 0.497 e. The van der Waals surface area contributed by atoms with Crippen molar-refractivity contribution in [3.63, 3.8) is 0 Å². The van der Waals surface area contributed by atoms with E-state index in [4.69, 9.17) is 14.2 Å². The lowest BCUT2D eigenvalue weighted by Crippen LogP contribution is -2.35. The van der Waals surface area contributed by atoms with Gasteiger partial charge in [0.05, 0.1) is 19.9 Å². The van der Waals surface area contributed by atoms with E-state index in [9.17, 15) is 9.59 Å². The Morgan fingerprint density at radius 3 is 2.68 bits per heavy atom. The second kappa shape index (κ2) is 9.01. The van der Waals surface area contributed by atoms with E-state index in [2.05, 4.69) is 6.92 Å². The summed E-state index contributed by atoms with van der Waals surface area (Å²) in [6, 6.07) is 12.6. The normalized spacial score (nSPS) is 16.0. The van der Waals surface area contributed by atoms with Crippen LogP contribution in [0, 0.1) is 0 Å². The summed E-state index contributed by atoms with van der Waals surface area (Å²) in [5.74, 6) is -0.0116. The molecule has 0 radical (unpaired) electrons. The summed E-state index contributed by atoms with van der Waals surface area (Å²) in [4.78, 5) is 28.1. The number of fused-ring (bicyclic) bond motifs is 1. The van der Waals surface area contributed by atoms with Crippen LogP contribution in [0.15, 0.2) is 47.4 Å². The first-order valence-corrected chi connectivity index (χ1v) is 9.86. The van der Waals surface area contributed by atoms with E-state index in [-0.39, 0.29) is 18.1 Å². The Morgan fingerprint density at radius 2 is 1.93 bits per heavy atom. The highest BCUT2D eigenvalue weighted by molar-refractivity contribution is 8.00. The summed E-state index contributed by atoms with van der Waals surface area (Å²) in [7, 11) is 2.98. The highest BCUT2D eigenvalue weighted by Crippen LogP contribution is 2.37. The van der Waals surface area contributed by atoms with Crippen molar-refractivity contribution in [1.29, 1.82) is 0 Å². The smallest absolute Gasteiger partial charge is 0.342 e. The summed E-state index contributed by atoms with van der Waals surface area (Å²) in [5, 5.41) is 0.405. The number of nitrogens with zero attached hydrogens (tertiary/aromatic N) is 1. The Morgan fingerprint density at radius 1 is 1.14 bits per heavy atom. The van der Waals surface area contributed by atoms with Crippen molar-refractivity contribution < 1.29 is 23.8 Å². The van der Waals surface area contributed by atoms with Crippen LogP contribution in [0.4, 0.5) is 5.69 Å². The van der Waals surface area contributed by atoms with Crippen molar-refractivity contribution in [3.8, 4) is 11.5 Å². The zero-order chi connectivity index (χ0) is 20.1. The minimum absolute atomic E-state index is 0.218. The van der Waals surface area contributed by atoms with Gasteiger partial charge in [-0.1, -0.05) is 19.1 Å². The monoisotopic (exact) mass is 401 g/mol. The standard InChI is InChI=1S/C21H23NO5S/c1-14-10-11-22(17-6-4-5-7-19(17)28-14)20(23)13-27-21(24)16-12-15(25-2)8-9-18(16)26-3/h4-9,12,14H,10-11,13H2,1-3H3/t14-/m0/s1. The molecule has 28 heavy (non-hydrogen) atoms. The molecular formula is C21H23NO5S. The summed E-state index contributed by atoms with van der Waals surface area (Å²) >= 11 is 1.75. The molecule has 7 heteroatoms. The molecule has 148 valence electrons. The van der Waals surface area contributed by atoms with E-state index < -0.39 is 5.97 Å². The molecule has 1 atom stereocenters. The van der Waals surface area contributed by atoms with Crippen LogP contribution in [0.25, 0.3) is 0 Å². The summed E-state index contributed by atoms with van der Waals surface area (Å²) < 4.78 is 15.7. The first kappa shape index (κ1) is 20.1. The molecule has 0 aromatic heterocycles. The number of hydrogen-bond donors (Lipinski definition) is 0. The lowest BCUT2D eigenvalue weighted by atomic mass is 10.2. The maximum absolute atomic E-state index is 12.8. The van der Waals surface area contributed by atoms with Crippen LogP contribution in [-0.4, -0.2) is 44.5 Å². The Balaban J connectivity index is 1.73. The minimum atomic E-state index is -0.630. The third kappa shape index (κ3) is 4.42. The van der Waals surface area contributed by atoms with Crippen molar-refractivity contribution in [2.45, 2.75) is 23.5 Å². The van der Waals surface area contributed by atoms with Crippen molar-refractivity contribution in [2.75, 3.05) is 32.3 Å². The summed E-state index contributed by atoms with van der Waals surface area (Å²) in [6.07, 6.45) is 0.864. The van der Waals surface area contributed by atoms with Gasteiger partial charge >= 0.3 is 5.97 Å². The van der Waals surface area contributed by atoms with Crippen LogP contribution in [0.1, 0.15) is 23.7 Å². The summed E-state index contributed by atoms with van der Waals surface area (Å²) in [6.45, 7) is 2.39. The van der Waals surface area contributed by atoms with Crippen molar-refractivity contribution >= 4 is 29.3 Å². The molecule has 1 heterocycles. The molecule has 6 nitrogen and oxygen atoms in total. The molecule has 0 spiro atoms. The van der Waals surface area contributed by atoms with Gasteiger partial charge in [0.1, 0.15) is 17.1 Å². The topological polar surface area (TPSA) is 65.1 Å². The minimum Gasteiger partial charge on any atom is -0.497 e. The van der Waals surface area contributed by atoms with E-state index in [0.717, 1.165) is 17.0 Å². The molecular weight excluding hydrogens is 378 g/mol. The number of esters is 1. The number of para-hydroxylation sites is 1. The van der Waals surface area contributed by atoms with Gasteiger partial charge in [0.2, 0.25) is 0 Å². The molecule has 0 saturated carbocycles. The number of rotatable bonds is 5. The zero-order valence-electron chi connectivity index (χ0n) is 16.1. The number of ether oxygens (including phenoxy) is 3. The Labute approximate surface area is 168 Å². The lowest BCUT2D eigenvalue weighted by molar-refractivity contribution is -0.121. The molecule has 0 N–H and O–H groups in total. The highest BCUT2D eigenvalue weighted by Gasteiger charge is 2.25. The van der Waals surface area contributed by atoms with E-state index in [0.29, 0.717) is 23.3 Å². The van der Waals surface area contributed by atoms with Gasteiger partial charge in [0.15, 0.2) is 6.61 Å². The number of hydrogen-bond acceptors (Lipinski definition) is 6. The SMILES string of the molecule is COc1ccc(OC)c(C(=O)OCC(=O)N2CC[C@H](C)Sc3ccccc32)c1. The van der Waals surface area contributed by atoms with Crippen LogP contribution < -0.4 is 14.4 Å². The average Bonchev–Trinajstić information content (AvgIpc) is 2.89. The summed E-state index contributed by atoms with van der Waals surface area (Å²) in [5.41, 5.74) is 1.08. The highest BCUT2D eigenvalue weighted by atomic mass is 32.2. The van der Waals surface area contributed by atoms with Crippen LogP contribution in [0.5, 0.6) is 11.5 Å². The second-order valence-corrected chi connectivity index (χ2v) is 7.85. The zero-order valence-corrected chi connectivity index (χ0v) is 17.0. The number of carbonyl (C=O) groups is 2. The number of thioether (sulfide) groups is 1. The van der Waals surface area contributed by atoms with Gasteiger partial charge in [-0.25, -0.2) is 4.79 Å². The molecule has 3 rings (SSSR count). The molecule has 1 aliphatic rings. The van der Waals surface area contributed by atoms with Gasteiger partial charge in [0, 0.05) is 16.7 Å². The van der Waals surface area contributed by atoms with E-state index in [1.165, 1.54) is 20.3 Å². The lowest BCUT2D eigenvalue weighted by Gasteiger charge is -2.22. The van der Waals surface area contributed by atoms with Gasteiger partial charge in [-0.2, -0.15) is 0 Å². The fourth-order valence-electron chi connectivity index (χ4n) is 3.00. The second-order valence-electron chi connectivity index (χ2n) is 6.37. The Bertz CT molecular complexity index is 870. The molecule has 0 saturated heterocycles. The fourth-order valence-corrected chi connectivity index (χ4v) is 4.12. The molecule has 1 amide bonds. The van der Waals surface area contributed by atoms with Crippen LogP contribution in [-0.2, 0) is 9.53 Å². The first-order valence-electron chi connectivity index (χ1n) is 8.98. The van der Waals surface area contributed by atoms with Crippen LogP contribution in [0.3, 0.4) is 0 Å². The molecule has 2 aromatic rings. The molecule has 2 aromatic carbocycles. The predicted octanol–water partition coefficient (Wildman–Crippen LogP) is 3.78. The molecule has 1 aliphatic heterocycles. The molecule has 0 fully saturated rings. The Kier molecular flexibility index (Phi) is 6.46. The van der Waals surface area contributed by atoms with Gasteiger partial charge in [-0.15, -0.1) is 11.8 Å². The number of amides is 1. The number of methoxy groups -OCH3 is 2. The predicted molar refractivity (Wildman–Crippen MR) is 109 cm³/mol. The van der Waals surface area contributed by atoms with Crippen LogP contribution >= 0.6 is 11.8 Å². The quantitative estimate of drug-likeness (QED) is 0.711. The average molecular weight is 401 g/mol. The van der Waals surface area contributed by atoms with E-state index in [1.54, 1.807) is 28.8 Å². The maximum atomic E-state index is 12.8. The molecule has 0 unspecified atom stereocenters. The van der Waals surface area contributed by atoms with E-state index >= 15 is 0 Å². The van der Waals surface area contributed by atoms with Gasteiger partial charge < -0.3 is 19.1 Å². The van der Waals surface area contributed by atoms with Crippen LogP contribution in [0.2, 0.25) is 0 Å². The van der Waals surface area contributed by atoms with Gasteiger partial charge in [0.25, 0.3) is 5.91 Å².